The molecule has 1 aliphatic rings. The number of benzene rings is 2. The summed E-state index contributed by atoms with van der Waals surface area (Å²) in [5.41, 5.74) is 8.27. The molecule has 26 heavy (non-hydrogen) atoms. The molecule has 2 aromatic carbocycles. The number of urea groups is 1. The SMILES string of the molecule is COC(=O)COc1ccc(N2CCN(c3ccc(CN)cc3)C2=O)cc1. The number of hydrogen-bond acceptors (Lipinski definition) is 5. The van der Waals surface area contributed by atoms with Crippen molar-refractivity contribution in [2.24, 2.45) is 5.73 Å². The van der Waals surface area contributed by atoms with Gasteiger partial charge < -0.3 is 15.2 Å². The average molecular weight is 355 g/mol. The van der Waals surface area contributed by atoms with Crippen molar-refractivity contribution >= 4 is 23.4 Å². The Morgan fingerprint density at radius 2 is 1.54 bits per heavy atom. The van der Waals surface area contributed by atoms with Crippen LogP contribution < -0.4 is 20.3 Å². The highest BCUT2D eigenvalue weighted by molar-refractivity contribution is 6.06. The van der Waals surface area contributed by atoms with E-state index in [9.17, 15) is 9.59 Å². The van der Waals surface area contributed by atoms with Crippen molar-refractivity contribution in [1.29, 1.82) is 0 Å². The van der Waals surface area contributed by atoms with E-state index in [1.165, 1.54) is 7.11 Å². The summed E-state index contributed by atoms with van der Waals surface area (Å²) in [6, 6.07) is 14.7. The highest BCUT2D eigenvalue weighted by atomic mass is 16.6. The van der Waals surface area contributed by atoms with Gasteiger partial charge in [0.25, 0.3) is 0 Å². The molecule has 0 atom stereocenters. The molecule has 2 N–H and O–H groups in total. The summed E-state index contributed by atoms with van der Waals surface area (Å²) >= 11 is 0. The summed E-state index contributed by atoms with van der Waals surface area (Å²) in [5.74, 6) is 0.0973. The molecule has 0 unspecified atom stereocenters. The highest BCUT2D eigenvalue weighted by Crippen LogP contribution is 2.26. The molecule has 0 radical (unpaired) electrons. The predicted molar refractivity (Wildman–Crippen MR) is 98.4 cm³/mol. The number of ether oxygens (including phenoxy) is 2. The summed E-state index contributed by atoms with van der Waals surface area (Å²) in [7, 11) is 1.31. The Balaban J connectivity index is 1.66. The quantitative estimate of drug-likeness (QED) is 0.803. The third-order valence-electron chi connectivity index (χ3n) is 4.23. The van der Waals surface area contributed by atoms with E-state index in [2.05, 4.69) is 4.74 Å². The fourth-order valence-corrected chi connectivity index (χ4v) is 2.75. The van der Waals surface area contributed by atoms with Crippen LogP contribution in [0.5, 0.6) is 5.75 Å². The zero-order chi connectivity index (χ0) is 18.5. The number of carbonyl (C=O) groups is 2. The van der Waals surface area contributed by atoms with E-state index in [-0.39, 0.29) is 12.6 Å². The van der Waals surface area contributed by atoms with Gasteiger partial charge in [-0.2, -0.15) is 0 Å². The molecule has 1 aliphatic heterocycles. The van der Waals surface area contributed by atoms with E-state index in [4.69, 9.17) is 10.5 Å². The van der Waals surface area contributed by atoms with Gasteiger partial charge in [-0.3, -0.25) is 9.80 Å². The number of esters is 1. The first-order valence-electron chi connectivity index (χ1n) is 8.30. The van der Waals surface area contributed by atoms with Gasteiger partial charge in [-0.1, -0.05) is 12.1 Å². The summed E-state index contributed by atoms with van der Waals surface area (Å²) in [5, 5.41) is 0. The molecular formula is C19H21N3O4. The molecule has 0 aliphatic carbocycles. The topological polar surface area (TPSA) is 85.1 Å². The van der Waals surface area contributed by atoms with Gasteiger partial charge >= 0.3 is 12.0 Å². The van der Waals surface area contributed by atoms with Crippen molar-refractivity contribution in [3.05, 3.63) is 54.1 Å². The van der Waals surface area contributed by atoms with Gasteiger partial charge in [-0.25, -0.2) is 9.59 Å². The Morgan fingerprint density at radius 3 is 2.04 bits per heavy atom. The molecule has 2 amide bonds. The van der Waals surface area contributed by atoms with Gasteiger partial charge in [-0.15, -0.1) is 0 Å². The molecule has 0 aromatic heterocycles. The molecule has 3 rings (SSSR count). The molecule has 1 saturated heterocycles. The molecule has 136 valence electrons. The van der Waals surface area contributed by atoms with E-state index in [0.29, 0.717) is 25.4 Å². The number of nitrogens with zero attached hydrogens (tertiary/aromatic N) is 2. The highest BCUT2D eigenvalue weighted by Gasteiger charge is 2.30. The normalized spacial score (nSPS) is 13.8. The van der Waals surface area contributed by atoms with Crippen molar-refractivity contribution in [3.63, 3.8) is 0 Å². The molecule has 7 heteroatoms. The summed E-state index contributed by atoms with van der Waals surface area (Å²) in [6.07, 6.45) is 0. The van der Waals surface area contributed by atoms with Gasteiger partial charge in [-0.05, 0) is 42.0 Å². The molecular weight excluding hydrogens is 334 g/mol. The third kappa shape index (κ3) is 3.78. The van der Waals surface area contributed by atoms with E-state index < -0.39 is 5.97 Å². The smallest absolute Gasteiger partial charge is 0.343 e. The minimum atomic E-state index is -0.444. The van der Waals surface area contributed by atoms with Crippen LogP contribution in [0.4, 0.5) is 16.2 Å². The number of methoxy groups -OCH3 is 1. The first-order chi connectivity index (χ1) is 12.6. The van der Waals surface area contributed by atoms with Crippen LogP contribution in [0.1, 0.15) is 5.56 Å². The lowest BCUT2D eigenvalue weighted by Crippen LogP contribution is -2.31. The number of carbonyl (C=O) groups excluding carboxylic acids is 2. The third-order valence-corrected chi connectivity index (χ3v) is 4.23. The van der Waals surface area contributed by atoms with Crippen molar-refractivity contribution in [2.75, 3.05) is 36.6 Å². The van der Waals surface area contributed by atoms with Crippen LogP contribution in [0.2, 0.25) is 0 Å². The maximum atomic E-state index is 12.7. The second-order valence-electron chi connectivity index (χ2n) is 5.82. The van der Waals surface area contributed by atoms with E-state index in [1.807, 2.05) is 24.3 Å². The first kappa shape index (κ1) is 17.8. The second-order valence-corrected chi connectivity index (χ2v) is 5.82. The maximum absolute atomic E-state index is 12.7. The largest absolute Gasteiger partial charge is 0.482 e. The lowest BCUT2D eigenvalue weighted by Gasteiger charge is -2.19. The van der Waals surface area contributed by atoms with Crippen LogP contribution in [0.25, 0.3) is 0 Å². The van der Waals surface area contributed by atoms with Crippen LogP contribution in [-0.2, 0) is 16.1 Å². The molecule has 0 spiro atoms. The zero-order valence-corrected chi connectivity index (χ0v) is 14.6. The van der Waals surface area contributed by atoms with Crippen molar-refractivity contribution < 1.29 is 19.1 Å². The van der Waals surface area contributed by atoms with E-state index >= 15 is 0 Å². The van der Waals surface area contributed by atoms with Gasteiger partial charge in [0.05, 0.1) is 7.11 Å². The van der Waals surface area contributed by atoms with Crippen LogP contribution >= 0.6 is 0 Å². The summed E-state index contributed by atoms with van der Waals surface area (Å²) in [6.45, 7) is 1.54. The van der Waals surface area contributed by atoms with Gasteiger partial charge in [0.1, 0.15) is 5.75 Å². The minimum Gasteiger partial charge on any atom is -0.482 e. The van der Waals surface area contributed by atoms with Gasteiger partial charge in [0.15, 0.2) is 6.61 Å². The molecule has 2 aromatic rings. The zero-order valence-electron chi connectivity index (χ0n) is 14.6. The Hall–Kier alpha value is -3.06. The monoisotopic (exact) mass is 355 g/mol. The van der Waals surface area contributed by atoms with Crippen LogP contribution in [0.3, 0.4) is 0 Å². The average Bonchev–Trinajstić information content (AvgIpc) is 3.08. The lowest BCUT2D eigenvalue weighted by molar-refractivity contribution is -0.142. The van der Waals surface area contributed by atoms with Crippen molar-refractivity contribution in [1.82, 2.24) is 0 Å². The molecule has 0 bridgehead atoms. The lowest BCUT2D eigenvalue weighted by atomic mass is 10.2. The maximum Gasteiger partial charge on any atom is 0.343 e. The number of amides is 2. The molecule has 1 fully saturated rings. The van der Waals surface area contributed by atoms with E-state index in [0.717, 1.165) is 16.9 Å². The fourth-order valence-electron chi connectivity index (χ4n) is 2.75. The number of nitrogens with two attached hydrogens (primary N) is 1. The number of hydrogen-bond donors (Lipinski definition) is 1. The van der Waals surface area contributed by atoms with Crippen LogP contribution in [-0.4, -0.2) is 38.8 Å². The van der Waals surface area contributed by atoms with Crippen LogP contribution in [0, 0.1) is 0 Å². The summed E-state index contributed by atoms with van der Waals surface area (Å²) in [4.78, 5) is 27.3. The molecule has 7 nitrogen and oxygen atoms in total. The minimum absolute atomic E-state index is 0.0753. The number of rotatable bonds is 6. The first-order valence-corrected chi connectivity index (χ1v) is 8.30. The number of anilines is 2. The Bertz CT molecular complexity index is 774. The fraction of sp³-hybridized carbons (Fsp3) is 0.263. The standard InChI is InChI=1S/C19H21N3O4/c1-25-18(23)13-26-17-8-6-16(7-9-17)22-11-10-21(19(22)24)15-4-2-14(12-20)3-5-15/h2-9H,10-13,20H2,1H3. The van der Waals surface area contributed by atoms with Crippen molar-refractivity contribution in [2.45, 2.75) is 6.54 Å². The predicted octanol–water partition coefficient (Wildman–Crippen LogP) is 2.14. The Labute approximate surface area is 151 Å². The van der Waals surface area contributed by atoms with Gasteiger partial charge in [0, 0.05) is 31.0 Å². The van der Waals surface area contributed by atoms with Crippen LogP contribution in [0.15, 0.2) is 48.5 Å². The molecule has 1 heterocycles. The Morgan fingerprint density at radius 1 is 1.00 bits per heavy atom. The Kier molecular flexibility index (Phi) is 5.38. The van der Waals surface area contributed by atoms with Crippen molar-refractivity contribution in [3.8, 4) is 5.75 Å². The summed E-state index contributed by atoms with van der Waals surface area (Å²) < 4.78 is 9.85. The molecule has 0 saturated carbocycles. The van der Waals surface area contributed by atoms with Gasteiger partial charge in [0.2, 0.25) is 0 Å². The second kappa shape index (κ2) is 7.88. The van der Waals surface area contributed by atoms with E-state index in [1.54, 1.807) is 34.1 Å².